The van der Waals surface area contributed by atoms with E-state index in [2.05, 4.69) is 17.0 Å². The van der Waals surface area contributed by atoms with Gasteiger partial charge in [0.1, 0.15) is 6.10 Å². The monoisotopic (exact) mass is 456 g/mol. The van der Waals surface area contributed by atoms with Crippen LogP contribution >= 0.6 is 0 Å². The second kappa shape index (κ2) is 11.1. The molecule has 3 aromatic rings. The fourth-order valence-corrected chi connectivity index (χ4v) is 4.79. The van der Waals surface area contributed by atoms with Crippen molar-refractivity contribution in [2.45, 2.75) is 31.4 Å². The van der Waals surface area contributed by atoms with Gasteiger partial charge in [-0.2, -0.15) is 0 Å². The van der Waals surface area contributed by atoms with E-state index in [9.17, 15) is 9.59 Å². The van der Waals surface area contributed by atoms with E-state index in [-0.39, 0.29) is 29.9 Å². The van der Waals surface area contributed by atoms with E-state index in [0.717, 1.165) is 29.7 Å². The number of likely N-dealkylation sites (tertiary alicyclic amines) is 1. The highest BCUT2D eigenvalue weighted by atomic mass is 16.5. The molecule has 34 heavy (non-hydrogen) atoms. The molecule has 1 saturated heterocycles. The number of rotatable bonds is 8. The highest BCUT2D eigenvalue weighted by Crippen LogP contribution is 2.31. The third kappa shape index (κ3) is 5.72. The summed E-state index contributed by atoms with van der Waals surface area (Å²) in [5.41, 5.74) is 3.05. The molecule has 0 radical (unpaired) electrons. The average Bonchev–Trinajstić information content (AvgIpc) is 3.30. The van der Waals surface area contributed by atoms with Crippen molar-refractivity contribution in [1.29, 1.82) is 0 Å². The lowest BCUT2D eigenvalue weighted by Gasteiger charge is -2.34. The van der Waals surface area contributed by atoms with Crippen molar-refractivity contribution in [2.24, 2.45) is 0 Å². The van der Waals surface area contributed by atoms with E-state index in [1.54, 1.807) is 0 Å². The van der Waals surface area contributed by atoms with Crippen LogP contribution in [-0.4, -0.2) is 54.5 Å². The molecule has 176 valence electrons. The maximum absolute atomic E-state index is 14.1. The van der Waals surface area contributed by atoms with Crippen LogP contribution in [0.1, 0.15) is 42.0 Å². The van der Waals surface area contributed by atoms with Crippen molar-refractivity contribution in [3.63, 3.8) is 0 Å². The van der Waals surface area contributed by atoms with Crippen LogP contribution in [0.4, 0.5) is 0 Å². The Morgan fingerprint density at radius 2 is 1.38 bits per heavy atom. The van der Waals surface area contributed by atoms with Crippen LogP contribution < -0.4 is 0 Å². The number of likely N-dealkylation sites (N-methyl/N-ethyl adjacent to an activating group) is 1. The molecule has 0 unspecified atom stereocenters. The summed E-state index contributed by atoms with van der Waals surface area (Å²) in [5.74, 6) is -0.569. The SMILES string of the molecule is CC(=O)O[C@@H]1CCN(C[C@@H](c2ccccc2)N(C)C(=O)C(c2ccccc2)c2ccccc2)C1. The van der Waals surface area contributed by atoms with Crippen LogP contribution in [0.15, 0.2) is 91.0 Å². The maximum Gasteiger partial charge on any atom is 0.302 e. The molecule has 5 heteroatoms. The normalized spacial score (nSPS) is 16.9. The van der Waals surface area contributed by atoms with E-state index in [1.165, 1.54) is 6.92 Å². The van der Waals surface area contributed by atoms with Gasteiger partial charge in [0.2, 0.25) is 5.91 Å². The number of nitrogens with zero attached hydrogens (tertiary/aromatic N) is 2. The number of hydrogen-bond donors (Lipinski definition) is 0. The first-order chi connectivity index (χ1) is 16.5. The summed E-state index contributed by atoms with van der Waals surface area (Å²) in [5, 5.41) is 0. The predicted octanol–water partition coefficient (Wildman–Crippen LogP) is 4.66. The van der Waals surface area contributed by atoms with Crippen molar-refractivity contribution >= 4 is 11.9 Å². The summed E-state index contributed by atoms with van der Waals surface area (Å²) in [6.45, 7) is 3.66. The zero-order valence-electron chi connectivity index (χ0n) is 19.8. The number of esters is 1. The first-order valence-electron chi connectivity index (χ1n) is 11.8. The van der Waals surface area contributed by atoms with Gasteiger partial charge >= 0.3 is 5.97 Å². The molecule has 0 N–H and O–H groups in total. The molecule has 0 aromatic heterocycles. The smallest absolute Gasteiger partial charge is 0.302 e. The highest BCUT2D eigenvalue weighted by molar-refractivity contribution is 5.87. The van der Waals surface area contributed by atoms with Crippen molar-refractivity contribution in [3.05, 3.63) is 108 Å². The number of ether oxygens (including phenoxy) is 1. The Morgan fingerprint density at radius 1 is 0.882 bits per heavy atom. The Labute approximate surface area is 202 Å². The standard InChI is InChI=1S/C29H32N2O3/c1-22(32)34-26-18-19-31(20-26)21-27(23-12-6-3-7-13-23)30(2)29(33)28(24-14-8-4-9-15-24)25-16-10-5-11-17-25/h3-17,26-28H,18-21H2,1-2H3/t26-,27+/m1/s1. The first-order valence-corrected chi connectivity index (χ1v) is 11.8. The van der Waals surface area contributed by atoms with E-state index in [0.29, 0.717) is 13.1 Å². The number of carbonyl (C=O) groups is 2. The molecule has 2 atom stereocenters. The third-order valence-corrected chi connectivity index (χ3v) is 6.51. The highest BCUT2D eigenvalue weighted by Gasteiger charge is 2.33. The molecule has 1 aliphatic rings. The Bertz CT molecular complexity index is 1030. The van der Waals surface area contributed by atoms with Crippen molar-refractivity contribution in [3.8, 4) is 0 Å². The molecule has 0 bridgehead atoms. The Kier molecular flexibility index (Phi) is 7.76. The van der Waals surface area contributed by atoms with Crippen molar-refractivity contribution < 1.29 is 14.3 Å². The van der Waals surface area contributed by atoms with Gasteiger partial charge in [-0.05, 0) is 23.1 Å². The second-order valence-electron chi connectivity index (χ2n) is 8.91. The summed E-state index contributed by atoms with van der Waals surface area (Å²) in [6, 6.07) is 30.0. The molecular formula is C29H32N2O3. The van der Waals surface area contributed by atoms with Crippen LogP contribution in [0.25, 0.3) is 0 Å². The molecule has 0 saturated carbocycles. The summed E-state index contributed by atoms with van der Waals surface area (Å²) in [4.78, 5) is 29.7. The van der Waals surface area contributed by atoms with Gasteiger partial charge in [-0.1, -0.05) is 91.0 Å². The third-order valence-electron chi connectivity index (χ3n) is 6.51. The van der Waals surface area contributed by atoms with Gasteiger partial charge in [-0.25, -0.2) is 0 Å². The maximum atomic E-state index is 14.1. The van der Waals surface area contributed by atoms with Gasteiger partial charge in [-0.3, -0.25) is 14.5 Å². The summed E-state index contributed by atoms with van der Waals surface area (Å²) in [6.07, 6.45) is 0.728. The van der Waals surface area contributed by atoms with Crippen molar-refractivity contribution in [1.82, 2.24) is 9.80 Å². The molecule has 1 amide bonds. The average molecular weight is 457 g/mol. The Balaban J connectivity index is 1.61. The van der Waals surface area contributed by atoms with E-state index in [1.807, 2.05) is 90.8 Å². The fraction of sp³-hybridized carbons (Fsp3) is 0.310. The molecule has 0 aliphatic carbocycles. The van der Waals surface area contributed by atoms with Crippen molar-refractivity contribution in [2.75, 3.05) is 26.7 Å². The molecule has 5 nitrogen and oxygen atoms in total. The summed E-state index contributed by atoms with van der Waals surface area (Å²) < 4.78 is 5.43. The number of hydrogen-bond acceptors (Lipinski definition) is 4. The zero-order chi connectivity index (χ0) is 23.9. The summed E-state index contributed by atoms with van der Waals surface area (Å²) >= 11 is 0. The van der Waals surface area contributed by atoms with Gasteiger partial charge in [0, 0.05) is 33.6 Å². The molecule has 1 aliphatic heterocycles. The summed E-state index contributed by atoms with van der Waals surface area (Å²) in [7, 11) is 1.90. The van der Waals surface area contributed by atoms with Crippen LogP contribution in [0.3, 0.4) is 0 Å². The van der Waals surface area contributed by atoms with Crippen LogP contribution in [0.5, 0.6) is 0 Å². The first kappa shape index (κ1) is 23.7. The molecule has 1 heterocycles. The van der Waals surface area contributed by atoms with Crippen LogP contribution in [-0.2, 0) is 14.3 Å². The minimum atomic E-state index is -0.383. The number of benzene rings is 3. The van der Waals surface area contributed by atoms with Gasteiger partial charge in [0.05, 0.1) is 12.0 Å². The zero-order valence-corrected chi connectivity index (χ0v) is 19.8. The van der Waals surface area contributed by atoms with Crippen LogP contribution in [0, 0.1) is 0 Å². The lowest BCUT2D eigenvalue weighted by atomic mass is 9.89. The van der Waals surface area contributed by atoms with Gasteiger partial charge in [0.25, 0.3) is 0 Å². The van der Waals surface area contributed by atoms with E-state index < -0.39 is 0 Å². The second-order valence-corrected chi connectivity index (χ2v) is 8.91. The molecular weight excluding hydrogens is 424 g/mol. The lowest BCUT2D eigenvalue weighted by molar-refractivity contribution is -0.145. The molecule has 1 fully saturated rings. The quantitative estimate of drug-likeness (QED) is 0.463. The largest absolute Gasteiger partial charge is 0.461 e. The number of amides is 1. The van der Waals surface area contributed by atoms with E-state index in [4.69, 9.17) is 4.74 Å². The lowest BCUT2D eigenvalue weighted by Crippen LogP contribution is -2.41. The van der Waals surface area contributed by atoms with E-state index >= 15 is 0 Å². The van der Waals surface area contributed by atoms with Gasteiger partial charge in [-0.15, -0.1) is 0 Å². The minimum absolute atomic E-state index is 0.0574. The number of carbonyl (C=O) groups excluding carboxylic acids is 2. The fourth-order valence-electron chi connectivity index (χ4n) is 4.79. The van der Waals surface area contributed by atoms with Gasteiger partial charge < -0.3 is 9.64 Å². The Hall–Kier alpha value is -3.44. The topological polar surface area (TPSA) is 49.9 Å². The Morgan fingerprint density at radius 3 is 1.88 bits per heavy atom. The van der Waals surface area contributed by atoms with Crippen LogP contribution in [0.2, 0.25) is 0 Å². The molecule has 3 aromatic carbocycles. The van der Waals surface area contributed by atoms with Gasteiger partial charge in [0.15, 0.2) is 0 Å². The minimum Gasteiger partial charge on any atom is -0.461 e. The molecule has 4 rings (SSSR count). The predicted molar refractivity (Wildman–Crippen MR) is 133 cm³/mol. The molecule has 0 spiro atoms.